The fourth-order valence-corrected chi connectivity index (χ4v) is 2.05. The third kappa shape index (κ3) is 12.2. The van der Waals surface area contributed by atoms with Crippen LogP contribution in [-0.2, 0) is 9.53 Å². The highest BCUT2D eigenvalue weighted by Gasteiger charge is 2.07. The Morgan fingerprint density at radius 3 is 2.20 bits per heavy atom. The average molecular weight is 286 g/mol. The monoisotopic (exact) mass is 286 g/mol. The maximum atomic E-state index is 13.6. The fourth-order valence-electron chi connectivity index (χ4n) is 2.05. The molecule has 0 N–H and O–H groups in total. The molecular weight excluding hydrogens is 255 g/mol. The number of unbranched alkanes of at least 4 members (excludes halogenated alkanes) is 6. The standard InChI is InChI=1S/C17H31FO2/c1-4-5-6-7-8-9-12-16(18)13-10-11-14-20-17(19)15(2)3/h16H,2,4-14H2,1,3H3. The van der Waals surface area contributed by atoms with Gasteiger partial charge in [-0.2, -0.15) is 0 Å². The molecule has 2 nitrogen and oxygen atoms in total. The van der Waals surface area contributed by atoms with E-state index in [9.17, 15) is 9.18 Å². The Morgan fingerprint density at radius 1 is 1.05 bits per heavy atom. The van der Waals surface area contributed by atoms with Crippen molar-refractivity contribution in [1.82, 2.24) is 0 Å². The second kappa shape index (κ2) is 13.1. The van der Waals surface area contributed by atoms with Gasteiger partial charge >= 0.3 is 5.97 Å². The Morgan fingerprint density at radius 2 is 1.60 bits per heavy atom. The van der Waals surface area contributed by atoms with E-state index in [0.29, 0.717) is 25.0 Å². The van der Waals surface area contributed by atoms with Gasteiger partial charge in [-0.25, -0.2) is 9.18 Å². The van der Waals surface area contributed by atoms with E-state index in [-0.39, 0.29) is 5.97 Å². The lowest BCUT2D eigenvalue weighted by molar-refractivity contribution is -0.139. The lowest BCUT2D eigenvalue weighted by Gasteiger charge is -2.08. The van der Waals surface area contributed by atoms with E-state index in [2.05, 4.69) is 13.5 Å². The highest BCUT2D eigenvalue weighted by molar-refractivity contribution is 5.86. The molecule has 0 spiro atoms. The normalized spacial score (nSPS) is 12.2. The van der Waals surface area contributed by atoms with Gasteiger partial charge in [-0.1, -0.05) is 52.0 Å². The van der Waals surface area contributed by atoms with Gasteiger partial charge in [0.15, 0.2) is 0 Å². The molecule has 0 radical (unpaired) electrons. The minimum atomic E-state index is -0.696. The summed E-state index contributed by atoms with van der Waals surface area (Å²) in [6.45, 7) is 7.70. The van der Waals surface area contributed by atoms with Crippen molar-refractivity contribution in [2.45, 2.75) is 84.2 Å². The van der Waals surface area contributed by atoms with Crippen LogP contribution in [0.3, 0.4) is 0 Å². The first kappa shape index (κ1) is 19.1. The molecule has 0 aliphatic heterocycles. The smallest absolute Gasteiger partial charge is 0.333 e. The molecule has 0 saturated carbocycles. The molecule has 0 aliphatic carbocycles. The van der Waals surface area contributed by atoms with Crippen LogP contribution < -0.4 is 0 Å². The first-order valence-electron chi connectivity index (χ1n) is 8.04. The summed E-state index contributed by atoms with van der Waals surface area (Å²) in [6.07, 6.45) is 9.28. The zero-order valence-electron chi connectivity index (χ0n) is 13.3. The van der Waals surface area contributed by atoms with Crippen molar-refractivity contribution < 1.29 is 13.9 Å². The van der Waals surface area contributed by atoms with Crippen molar-refractivity contribution in [3.63, 3.8) is 0 Å². The molecule has 118 valence electrons. The van der Waals surface area contributed by atoms with Crippen LogP contribution in [0.5, 0.6) is 0 Å². The maximum Gasteiger partial charge on any atom is 0.333 e. The Hall–Kier alpha value is -0.860. The predicted molar refractivity (Wildman–Crippen MR) is 82.5 cm³/mol. The van der Waals surface area contributed by atoms with E-state index in [1.807, 2.05) is 0 Å². The van der Waals surface area contributed by atoms with Gasteiger partial charge in [0.25, 0.3) is 0 Å². The number of carbonyl (C=O) groups excluding carboxylic acids is 1. The van der Waals surface area contributed by atoms with E-state index in [0.717, 1.165) is 25.7 Å². The van der Waals surface area contributed by atoms with Gasteiger partial charge in [-0.15, -0.1) is 0 Å². The van der Waals surface area contributed by atoms with Crippen molar-refractivity contribution in [2.75, 3.05) is 6.61 Å². The van der Waals surface area contributed by atoms with Crippen LogP contribution in [0, 0.1) is 0 Å². The molecule has 0 rings (SSSR count). The third-order valence-electron chi connectivity index (χ3n) is 3.36. The summed E-state index contributed by atoms with van der Waals surface area (Å²) < 4.78 is 18.5. The van der Waals surface area contributed by atoms with Crippen molar-refractivity contribution in [1.29, 1.82) is 0 Å². The van der Waals surface area contributed by atoms with Gasteiger partial charge in [0.1, 0.15) is 6.17 Å². The minimum absolute atomic E-state index is 0.353. The van der Waals surface area contributed by atoms with Crippen molar-refractivity contribution >= 4 is 5.97 Å². The summed E-state index contributed by atoms with van der Waals surface area (Å²) in [4.78, 5) is 11.1. The topological polar surface area (TPSA) is 26.3 Å². The number of hydrogen-bond donors (Lipinski definition) is 0. The van der Waals surface area contributed by atoms with E-state index < -0.39 is 6.17 Å². The molecule has 0 saturated heterocycles. The zero-order valence-corrected chi connectivity index (χ0v) is 13.3. The van der Waals surface area contributed by atoms with Gasteiger partial charge in [-0.3, -0.25) is 0 Å². The summed E-state index contributed by atoms with van der Waals surface area (Å²) in [5, 5.41) is 0. The Bertz CT molecular complexity index is 264. The summed E-state index contributed by atoms with van der Waals surface area (Å²) in [5.41, 5.74) is 0.413. The summed E-state index contributed by atoms with van der Waals surface area (Å²) in [5.74, 6) is -0.353. The molecular formula is C17H31FO2. The Labute approximate surface area is 123 Å². The number of alkyl halides is 1. The van der Waals surface area contributed by atoms with Crippen LogP contribution in [0.1, 0.15) is 78.1 Å². The lowest BCUT2D eigenvalue weighted by atomic mass is 10.0. The molecule has 1 unspecified atom stereocenters. The number of esters is 1. The average Bonchev–Trinajstić information content (AvgIpc) is 2.41. The number of halogens is 1. The highest BCUT2D eigenvalue weighted by atomic mass is 19.1. The van der Waals surface area contributed by atoms with E-state index in [4.69, 9.17) is 4.74 Å². The molecule has 20 heavy (non-hydrogen) atoms. The van der Waals surface area contributed by atoms with Crippen LogP contribution in [0.4, 0.5) is 4.39 Å². The Balaban J connectivity index is 3.30. The van der Waals surface area contributed by atoms with E-state index in [1.54, 1.807) is 6.92 Å². The van der Waals surface area contributed by atoms with Crippen LogP contribution in [0.15, 0.2) is 12.2 Å². The molecule has 0 bridgehead atoms. The van der Waals surface area contributed by atoms with Gasteiger partial charge in [0, 0.05) is 5.57 Å². The van der Waals surface area contributed by atoms with Crippen molar-refractivity contribution in [2.24, 2.45) is 0 Å². The largest absolute Gasteiger partial charge is 0.462 e. The number of hydrogen-bond acceptors (Lipinski definition) is 2. The summed E-state index contributed by atoms with van der Waals surface area (Å²) >= 11 is 0. The minimum Gasteiger partial charge on any atom is -0.462 e. The molecule has 0 aromatic heterocycles. The van der Waals surface area contributed by atoms with Crippen molar-refractivity contribution in [3.8, 4) is 0 Å². The number of carbonyl (C=O) groups is 1. The highest BCUT2D eigenvalue weighted by Crippen LogP contribution is 2.14. The molecule has 0 aromatic carbocycles. The lowest BCUT2D eigenvalue weighted by Crippen LogP contribution is -2.07. The van der Waals surface area contributed by atoms with Crippen LogP contribution >= 0.6 is 0 Å². The Kier molecular flexibility index (Phi) is 12.6. The molecule has 0 aromatic rings. The van der Waals surface area contributed by atoms with E-state index in [1.165, 1.54) is 25.7 Å². The second-order valence-electron chi connectivity index (χ2n) is 5.57. The van der Waals surface area contributed by atoms with Crippen LogP contribution in [0.25, 0.3) is 0 Å². The quantitative estimate of drug-likeness (QED) is 0.259. The van der Waals surface area contributed by atoms with Crippen LogP contribution in [-0.4, -0.2) is 18.7 Å². The zero-order chi connectivity index (χ0) is 15.2. The van der Waals surface area contributed by atoms with Gasteiger partial charge in [0.2, 0.25) is 0 Å². The predicted octanol–water partition coefficient (Wildman–Crippen LogP) is 5.36. The number of rotatable bonds is 13. The SMILES string of the molecule is C=C(C)C(=O)OCCCCC(F)CCCCCCCC. The molecule has 1 atom stereocenters. The molecule has 3 heteroatoms. The second-order valence-corrected chi connectivity index (χ2v) is 5.57. The maximum absolute atomic E-state index is 13.6. The fraction of sp³-hybridized carbons (Fsp3) is 0.824. The molecule has 0 heterocycles. The summed E-state index contributed by atoms with van der Waals surface area (Å²) in [6, 6.07) is 0. The van der Waals surface area contributed by atoms with Crippen molar-refractivity contribution in [3.05, 3.63) is 12.2 Å². The summed E-state index contributed by atoms with van der Waals surface area (Å²) in [7, 11) is 0. The third-order valence-corrected chi connectivity index (χ3v) is 3.36. The molecule has 0 aliphatic rings. The van der Waals surface area contributed by atoms with Gasteiger partial charge < -0.3 is 4.74 Å². The molecule has 0 amide bonds. The van der Waals surface area contributed by atoms with E-state index >= 15 is 0 Å². The number of ether oxygens (including phenoxy) is 1. The first-order chi connectivity index (χ1) is 9.57. The van der Waals surface area contributed by atoms with Gasteiger partial charge in [-0.05, 0) is 32.6 Å². The molecule has 0 fully saturated rings. The van der Waals surface area contributed by atoms with Crippen LogP contribution in [0.2, 0.25) is 0 Å². The first-order valence-corrected chi connectivity index (χ1v) is 8.04. The van der Waals surface area contributed by atoms with Gasteiger partial charge in [0.05, 0.1) is 6.61 Å².